The first-order chi connectivity index (χ1) is 11.4. The van der Waals surface area contributed by atoms with Crippen molar-refractivity contribution >= 4 is 23.5 Å². The molecule has 0 spiro atoms. The van der Waals surface area contributed by atoms with Gasteiger partial charge in [0.05, 0.1) is 5.56 Å². The van der Waals surface area contributed by atoms with Crippen molar-refractivity contribution in [3.63, 3.8) is 0 Å². The van der Waals surface area contributed by atoms with Gasteiger partial charge in [-0.3, -0.25) is 9.59 Å². The summed E-state index contributed by atoms with van der Waals surface area (Å²) in [6.07, 6.45) is 1.13. The lowest BCUT2D eigenvalue weighted by Gasteiger charge is -2.31. The minimum atomic E-state index is -0.824. The van der Waals surface area contributed by atoms with Gasteiger partial charge in [-0.25, -0.2) is 4.79 Å². The molecule has 24 heavy (non-hydrogen) atoms. The second-order valence-electron chi connectivity index (χ2n) is 6.32. The minimum Gasteiger partial charge on any atom is -0.449 e. The van der Waals surface area contributed by atoms with Crippen LogP contribution in [-0.4, -0.2) is 41.9 Å². The fourth-order valence-corrected chi connectivity index (χ4v) is 2.69. The van der Waals surface area contributed by atoms with Gasteiger partial charge in [-0.1, -0.05) is 13.0 Å². The van der Waals surface area contributed by atoms with Crippen LogP contribution >= 0.6 is 0 Å². The number of carbonyl (C=O) groups is 3. The molecule has 1 saturated heterocycles. The number of esters is 1. The van der Waals surface area contributed by atoms with E-state index in [0.29, 0.717) is 30.3 Å². The third-order valence-corrected chi connectivity index (χ3v) is 4.15. The number of piperidine rings is 1. The maximum Gasteiger partial charge on any atom is 0.338 e. The predicted octanol–water partition coefficient (Wildman–Crippen LogP) is 2.45. The molecule has 0 radical (unpaired) electrons. The van der Waals surface area contributed by atoms with Crippen LogP contribution in [-0.2, 0) is 14.3 Å². The number of rotatable bonds is 4. The summed E-state index contributed by atoms with van der Waals surface area (Å²) in [7, 11) is 0. The van der Waals surface area contributed by atoms with E-state index < -0.39 is 12.1 Å². The molecule has 0 unspecified atom stereocenters. The van der Waals surface area contributed by atoms with Crippen molar-refractivity contribution in [3.8, 4) is 0 Å². The minimum absolute atomic E-state index is 0.159. The van der Waals surface area contributed by atoms with E-state index in [1.165, 1.54) is 13.0 Å². The van der Waals surface area contributed by atoms with Gasteiger partial charge in [-0.05, 0) is 43.9 Å². The fraction of sp³-hybridized carbons (Fsp3) is 0.500. The molecule has 0 bridgehead atoms. The first-order valence-corrected chi connectivity index (χ1v) is 8.24. The molecule has 2 rings (SSSR count). The van der Waals surface area contributed by atoms with Crippen LogP contribution in [0.25, 0.3) is 0 Å². The van der Waals surface area contributed by atoms with E-state index in [1.54, 1.807) is 30.0 Å². The van der Waals surface area contributed by atoms with Gasteiger partial charge < -0.3 is 15.0 Å². The Morgan fingerprint density at radius 2 is 1.92 bits per heavy atom. The van der Waals surface area contributed by atoms with Crippen LogP contribution in [0.5, 0.6) is 0 Å². The van der Waals surface area contributed by atoms with Crippen molar-refractivity contribution in [1.82, 2.24) is 4.90 Å². The van der Waals surface area contributed by atoms with E-state index in [4.69, 9.17) is 4.74 Å². The Hall–Kier alpha value is -2.37. The summed E-state index contributed by atoms with van der Waals surface area (Å²) in [4.78, 5) is 37.4. The highest BCUT2D eigenvalue weighted by atomic mass is 16.5. The fourth-order valence-electron chi connectivity index (χ4n) is 2.69. The maximum atomic E-state index is 12.4. The molecule has 6 heteroatoms. The molecule has 0 saturated carbocycles. The molecule has 1 heterocycles. The molecule has 2 amide bonds. The second-order valence-corrected chi connectivity index (χ2v) is 6.32. The summed E-state index contributed by atoms with van der Waals surface area (Å²) in [6, 6.07) is 6.46. The average molecular weight is 332 g/mol. The Kier molecular flexibility index (Phi) is 5.95. The van der Waals surface area contributed by atoms with Gasteiger partial charge in [-0.15, -0.1) is 0 Å². The van der Waals surface area contributed by atoms with Crippen molar-refractivity contribution < 1.29 is 19.1 Å². The lowest BCUT2D eigenvalue weighted by molar-refractivity contribution is -0.141. The number of anilines is 1. The van der Waals surface area contributed by atoms with Crippen LogP contribution in [0.15, 0.2) is 24.3 Å². The van der Waals surface area contributed by atoms with Crippen LogP contribution in [0.2, 0.25) is 0 Å². The monoisotopic (exact) mass is 332 g/mol. The molecular weight excluding hydrogens is 308 g/mol. The SMILES string of the molecule is CC(=O)Nc1cccc(C(=O)O[C@H](C)C(=O)N2CCC(C)CC2)c1. The van der Waals surface area contributed by atoms with Crippen molar-refractivity contribution in [2.75, 3.05) is 18.4 Å². The first kappa shape index (κ1) is 18.0. The van der Waals surface area contributed by atoms with E-state index in [9.17, 15) is 14.4 Å². The number of ether oxygens (including phenoxy) is 1. The molecule has 0 aromatic heterocycles. The van der Waals surface area contributed by atoms with Crippen molar-refractivity contribution in [2.45, 2.75) is 39.7 Å². The van der Waals surface area contributed by atoms with Gasteiger partial charge in [0.1, 0.15) is 0 Å². The largest absolute Gasteiger partial charge is 0.449 e. The average Bonchev–Trinajstić information content (AvgIpc) is 2.54. The Balaban J connectivity index is 1.95. The van der Waals surface area contributed by atoms with Gasteiger partial charge in [-0.2, -0.15) is 0 Å². The summed E-state index contributed by atoms with van der Waals surface area (Å²) in [5.41, 5.74) is 0.814. The van der Waals surface area contributed by atoms with Gasteiger partial charge >= 0.3 is 5.97 Å². The molecule has 130 valence electrons. The van der Waals surface area contributed by atoms with E-state index >= 15 is 0 Å². The normalized spacial score (nSPS) is 16.4. The summed E-state index contributed by atoms with van der Waals surface area (Å²) < 4.78 is 5.30. The Bertz CT molecular complexity index is 621. The molecule has 1 fully saturated rings. The van der Waals surface area contributed by atoms with Crippen LogP contribution < -0.4 is 5.32 Å². The summed E-state index contributed by atoms with van der Waals surface area (Å²) in [5.74, 6) is -0.325. The summed E-state index contributed by atoms with van der Waals surface area (Å²) in [6.45, 7) is 6.58. The number of benzene rings is 1. The predicted molar refractivity (Wildman–Crippen MR) is 90.6 cm³/mol. The van der Waals surface area contributed by atoms with Gasteiger partial charge in [0.2, 0.25) is 5.91 Å². The third-order valence-electron chi connectivity index (χ3n) is 4.15. The zero-order valence-corrected chi connectivity index (χ0v) is 14.4. The zero-order valence-electron chi connectivity index (χ0n) is 14.4. The number of hydrogen-bond acceptors (Lipinski definition) is 4. The Morgan fingerprint density at radius 1 is 1.25 bits per heavy atom. The van der Waals surface area contributed by atoms with Crippen molar-refractivity contribution in [1.29, 1.82) is 0 Å². The molecular formula is C18H24N2O4. The van der Waals surface area contributed by atoms with Crippen molar-refractivity contribution in [2.24, 2.45) is 5.92 Å². The molecule has 6 nitrogen and oxygen atoms in total. The van der Waals surface area contributed by atoms with E-state index in [1.807, 2.05) is 0 Å². The van der Waals surface area contributed by atoms with Gasteiger partial charge in [0.25, 0.3) is 5.91 Å². The van der Waals surface area contributed by atoms with Crippen LogP contribution in [0.1, 0.15) is 44.0 Å². The third kappa shape index (κ3) is 4.81. The second kappa shape index (κ2) is 7.95. The number of amides is 2. The highest BCUT2D eigenvalue weighted by Gasteiger charge is 2.27. The number of nitrogens with zero attached hydrogens (tertiary/aromatic N) is 1. The molecule has 0 aliphatic carbocycles. The molecule has 1 N–H and O–H groups in total. The topological polar surface area (TPSA) is 75.7 Å². The van der Waals surface area contributed by atoms with E-state index in [2.05, 4.69) is 12.2 Å². The lowest BCUT2D eigenvalue weighted by atomic mass is 9.99. The summed E-state index contributed by atoms with van der Waals surface area (Å²) in [5, 5.41) is 2.61. The smallest absolute Gasteiger partial charge is 0.338 e. The lowest BCUT2D eigenvalue weighted by Crippen LogP contribution is -2.44. The number of carbonyl (C=O) groups excluding carboxylic acids is 3. The van der Waals surface area contributed by atoms with Crippen LogP contribution in [0.4, 0.5) is 5.69 Å². The van der Waals surface area contributed by atoms with Crippen LogP contribution in [0, 0.1) is 5.92 Å². The van der Waals surface area contributed by atoms with Gasteiger partial charge in [0, 0.05) is 25.7 Å². The number of hydrogen-bond donors (Lipinski definition) is 1. The standard InChI is InChI=1S/C18H24N2O4/c1-12-7-9-20(10-8-12)17(22)13(2)24-18(23)15-5-4-6-16(11-15)19-14(3)21/h4-6,11-13H,7-10H2,1-3H3,(H,19,21)/t13-/m1/s1. The molecule has 1 aromatic carbocycles. The molecule has 1 aliphatic heterocycles. The Labute approximate surface area is 142 Å². The van der Waals surface area contributed by atoms with E-state index in [-0.39, 0.29) is 11.8 Å². The zero-order chi connectivity index (χ0) is 17.7. The van der Waals surface area contributed by atoms with E-state index in [0.717, 1.165) is 12.8 Å². The maximum absolute atomic E-state index is 12.4. The highest BCUT2D eigenvalue weighted by Crippen LogP contribution is 2.18. The first-order valence-electron chi connectivity index (χ1n) is 8.24. The molecule has 1 atom stereocenters. The highest BCUT2D eigenvalue weighted by molar-refractivity contribution is 5.95. The number of nitrogens with one attached hydrogen (secondary N) is 1. The molecule has 1 aromatic rings. The van der Waals surface area contributed by atoms with Crippen LogP contribution in [0.3, 0.4) is 0 Å². The van der Waals surface area contributed by atoms with Crippen molar-refractivity contribution in [3.05, 3.63) is 29.8 Å². The quantitative estimate of drug-likeness (QED) is 0.859. The van der Waals surface area contributed by atoms with Gasteiger partial charge in [0.15, 0.2) is 6.10 Å². The number of likely N-dealkylation sites (tertiary alicyclic amines) is 1. The summed E-state index contributed by atoms with van der Waals surface area (Å²) >= 11 is 0. The Morgan fingerprint density at radius 3 is 2.54 bits per heavy atom. The molecule has 1 aliphatic rings.